The zero-order valence-electron chi connectivity index (χ0n) is 22.4. The van der Waals surface area contributed by atoms with Crippen molar-refractivity contribution in [1.82, 2.24) is 0 Å². The lowest BCUT2D eigenvalue weighted by Crippen LogP contribution is -2.32. The number of ether oxygens (including phenoxy) is 2. The number of hydrogen-bond acceptors (Lipinski definition) is 4. The van der Waals surface area contributed by atoms with Gasteiger partial charge in [-0.3, -0.25) is 0 Å². The summed E-state index contributed by atoms with van der Waals surface area (Å²) in [5, 5.41) is 21.0. The Hall–Kier alpha value is -3.60. The predicted octanol–water partition coefficient (Wildman–Crippen LogP) is 6.29. The van der Waals surface area contributed by atoms with Gasteiger partial charge in [0.25, 0.3) is 0 Å². The van der Waals surface area contributed by atoms with E-state index >= 15 is 0 Å². The monoisotopic (exact) mass is 494 g/mol. The molecule has 1 aliphatic carbocycles. The second-order valence-electron chi connectivity index (χ2n) is 10.1. The highest BCUT2D eigenvalue weighted by Crippen LogP contribution is 2.60. The fourth-order valence-electron chi connectivity index (χ4n) is 6.21. The van der Waals surface area contributed by atoms with Crippen LogP contribution >= 0.6 is 0 Å². The molecule has 0 saturated carbocycles. The van der Waals surface area contributed by atoms with E-state index in [1.54, 1.807) is 14.2 Å². The lowest BCUT2D eigenvalue weighted by Gasteiger charge is -2.38. The maximum atomic E-state index is 10.8. The smallest absolute Gasteiger partial charge is 0.126 e. The van der Waals surface area contributed by atoms with Crippen LogP contribution in [0.25, 0.3) is 11.1 Å². The Morgan fingerprint density at radius 2 is 1.24 bits per heavy atom. The van der Waals surface area contributed by atoms with E-state index in [4.69, 9.17) is 9.47 Å². The van der Waals surface area contributed by atoms with Gasteiger partial charge in [-0.25, -0.2) is 0 Å². The fourth-order valence-corrected chi connectivity index (χ4v) is 6.21. The Balaban J connectivity index is 2.10. The van der Waals surface area contributed by atoms with Crippen molar-refractivity contribution in [2.24, 2.45) is 0 Å². The van der Waals surface area contributed by atoms with E-state index in [-0.39, 0.29) is 13.2 Å². The van der Waals surface area contributed by atoms with Crippen LogP contribution < -0.4 is 9.47 Å². The van der Waals surface area contributed by atoms with Crippen molar-refractivity contribution in [3.8, 4) is 22.6 Å². The van der Waals surface area contributed by atoms with Crippen LogP contribution in [-0.4, -0.2) is 24.4 Å². The third-order valence-corrected chi connectivity index (χ3v) is 7.82. The standard InChI is InChI=1S/C33H34O4/c1-19-7-9-25-26-10-8-20(2)12-29(26)33(28(25)11-19,30-15-23(17-34)13-21(3)27(30)18-35)31-16-24(36-5)14-22(4)32(31)37-6/h7-16,34-35H,17-18H2,1-6H3. The highest BCUT2D eigenvalue weighted by molar-refractivity contribution is 5.88. The summed E-state index contributed by atoms with van der Waals surface area (Å²) in [7, 11) is 3.38. The molecule has 4 nitrogen and oxygen atoms in total. The highest BCUT2D eigenvalue weighted by Gasteiger charge is 2.49. The van der Waals surface area contributed by atoms with Gasteiger partial charge in [0, 0.05) is 5.56 Å². The number of aliphatic hydroxyl groups excluding tert-OH is 2. The van der Waals surface area contributed by atoms with Crippen molar-refractivity contribution < 1.29 is 19.7 Å². The molecule has 0 radical (unpaired) electrons. The van der Waals surface area contributed by atoms with Gasteiger partial charge in [-0.15, -0.1) is 0 Å². The first-order chi connectivity index (χ1) is 17.8. The third kappa shape index (κ3) is 3.66. The molecule has 37 heavy (non-hydrogen) atoms. The highest BCUT2D eigenvalue weighted by atomic mass is 16.5. The summed E-state index contributed by atoms with van der Waals surface area (Å²) in [6.45, 7) is 8.03. The second kappa shape index (κ2) is 9.37. The van der Waals surface area contributed by atoms with Crippen LogP contribution in [0.5, 0.6) is 11.5 Å². The van der Waals surface area contributed by atoms with Crippen molar-refractivity contribution in [2.75, 3.05) is 14.2 Å². The molecule has 0 amide bonds. The third-order valence-electron chi connectivity index (χ3n) is 7.82. The molecule has 0 fully saturated rings. The summed E-state index contributed by atoms with van der Waals surface area (Å²) in [5.41, 5.74) is 11.5. The summed E-state index contributed by atoms with van der Waals surface area (Å²) in [6.07, 6.45) is 0. The van der Waals surface area contributed by atoms with Gasteiger partial charge in [-0.2, -0.15) is 0 Å². The molecule has 5 rings (SSSR count). The topological polar surface area (TPSA) is 58.9 Å². The number of fused-ring (bicyclic) bond motifs is 3. The zero-order chi connectivity index (χ0) is 26.5. The van der Waals surface area contributed by atoms with Crippen LogP contribution in [0, 0.1) is 27.7 Å². The van der Waals surface area contributed by atoms with Gasteiger partial charge in [0.1, 0.15) is 11.5 Å². The number of aryl methyl sites for hydroxylation is 4. The maximum Gasteiger partial charge on any atom is 0.126 e. The molecule has 0 spiro atoms. The molecule has 4 aromatic carbocycles. The molecule has 0 saturated heterocycles. The second-order valence-corrected chi connectivity index (χ2v) is 10.1. The Kier molecular flexibility index (Phi) is 6.35. The normalized spacial score (nSPS) is 13.3. The van der Waals surface area contributed by atoms with E-state index in [0.29, 0.717) is 0 Å². The first kappa shape index (κ1) is 25.1. The minimum absolute atomic E-state index is 0.0920. The van der Waals surface area contributed by atoms with E-state index < -0.39 is 5.41 Å². The van der Waals surface area contributed by atoms with Crippen LogP contribution in [0.3, 0.4) is 0 Å². The Bertz CT molecular complexity index is 1400. The summed E-state index contributed by atoms with van der Waals surface area (Å²) >= 11 is 0. The Morgan fingerprint density at radius 1 is 0.622 bits per heavy atom. The first-order valence-electron chi connectivity index (χ1n) is 12.6. The lowest BCUT2D eigenvalue weighted by molar-refractivity contribution is 0.275. The van der Waals surface area contributed by atoms with Crippen LogP contribution in [0.1, 0.15) is 55.6 Å². The first-order valence-corrected chi connectivity index (χ1v) is 12.6. The fraction of sp³-hybridized carbons (Fsp3) is 0.273. The Labute approximate surface area is 219 Å². The quantitative estimate of drug-likeness (QED) is 0.291. The van der Waals surface area contributed by atoms with E-state index in [0.717, 1.165) is 78.3 Å². The summed E-state index contributed by atoms with van der Waals surface area (Å²) < 4.78 is 11.9. The number of benzene rings is 4. The molecule has 0 unspecified atom stereocenters. The van der Waals surface area contributed by atoms with Gasteiger partial charge in [-0.05, 0) is 89.9 Å². The number of hydrogen-bond donors (Lipinski definition) is 2. The number of methoxy groups -OCH3 is 2. The average molecular weight is 495 g/mol. The molecule has 0 aromatic heterocycles. The molecule has 0 bridgehead atoms. The van der Waals surface area contributed by atoms with Crippen molar-refractivity contribution in [3.63, 3.8) is 0 Å². The van der Waals surface area contributed by atoms with Gasteiger partial charge in [0.2, 0.25) is 0 Å². The maximum absolute atomic E-state index is 10.8. The van der Waals surface area contributed by atoms with E-state index in [2.05, 4.69) is 62.4 Å². The zero-order valence-corrected chi connectivity index (χ0v) is 22.4. The van der Waals surface area contributed by atoms with Crippen molar-refractivity contribution in [3.05, 3.63) is 116 Å². The molecule has 4 aromatic rings. The largest absolute Gasteiger partial charge is 0.497 e. The van der Waals surface area contributed by atoms with E-state index in [1.807, 2.05) is 26.0 Å². The molecule has 190 valence electrons. The lowest BCUT2D eigenvalue weighted by atomic mass is 9.64. The van der Waals surface area contributed by atoms with Gasteiger partial charge >= 0.3 is 0 Å². The summed E-state index contributed by atoms with van der Waals surface area (Å²) in [4.78, 5) is 0. The van der Waals surface area contributed by atoms with Crippen LogP contribution in [-0.2, 0) is 18.6 Å². The van der Waals surface area contributed by atoms with Gasteiger partial charge in [0.15, 0.2) is 0 Å². The average Bonchev–Trinajstić information content (AvgIpc) is 3.16. The molecule has 2 N–H and O–H groups in total. The molecule has 0 atom stereocenters. The van der Waals surface area contributed by atoms with Crippen molar-refractivity contribution >= 4 is 0 Å². The molecule has 4 heteroatoms. The SMILES string of the molecule is COc1cc(C)c(OC)c(C2(c3cc(CO)cc(C)c3CO)c3cc(C)ccc3-c3ccc(C)cc32)c1. The summed E-state index contributed by atoms with van der Waals surface area (Å²) in [6, 6.07) is 21.3. The summed E-state index contributed by atoms with van der Waals surface area (Å²) in [5.74, 6) is 1.52. The molecular weight excluding hydrogens is 460 g/mol. The predicted molar refractivity (Wildman–Crippen MR) is 148 cm³/mol. The number of rotatable bonds is 6. The molecule has 1 aliphatic rings. The van der Waals surface area contributed by atoms with Crippen molar-refractivity contribution in [2.45, 2.75) is 46.3 Å². The van der Waals surface area contributed by atoms with Gasteiger partial charge in [0.05, 0.1) is 32.8 Å². The van der Waals surface area contributed by atoms with Gasteiger partial charge in [-0.1, -0.05) is 59.7 Å². The van der Waals surface area contributed by atoms with E-state index in [9.17, 15) is 10.2 Å². The van der Waals surface area contributed by atoms with Gasteiger partial charge < -0.3 is 19.7 Å². The Morgan fingerprint density at radius 3 is 1.76 bits per heavy atom. The molecule has 0 heterocycles. The molecule has 0 aliphatic heterocycles. The minimum atomic E-state index is -0.804. The molecular formula is C33H34O4. The minimum Gasteiger partial charge on any atom is -0.497 e. The van der Waals surface area contributed by atoms with Crippen LogP contribution in [0.15, 0.2) is 60.7 Å². The van der Waals surface area contributed by atoms with Crippen LogP contribution in [0.4, 0.5) is 0 Å². The van der Waals surface area contributed by atoms with Crippen molar-refractivity contribution in [1.29, 1.82) is 0 Å². The van der Waals surface area contributed by atoms with E-state index in [1.165, 1.54) is 0 Å². The number of aliphatic hydroxyl groups is 2. The van der Waals surface area contributed by atoms with Crippen LogP contribution in [0.2, 0.25) is 0 Å².